The first-order valence-electron chi connectivity index (χ1n) is 8.52. The Labute approximate surface area is 128 Å². The number of para-hydroxylation sites is 1. The second kappa shape index (κ2) is 7.28. The Morgan fingerprint density at radius 2 is 2.10 bits per heavy atom. The van der Waals surface area contributed by atoms with Crippen molar-refractivity contribution in [2.75, 3.05) is 26.2 Å². The van der Waals surface area contributed by atoms with E-state index in [0.717, 1.165) is 30.9 Å². The monoisotopic (exact) mass is 288 g/mol. The number of hydrogen-bond acceptors (Lipinski definition) is 3. The number of hydrogen-bond donors (Lipinski definition) is 1. The molecule has 116 valence electrons. The van der Waals surface area contributed by atoms with Crippen molar-refractivity contribution < 1.29 is 4.74 Å². The third-order valence-electron chi connectivity index (χ3n) is 4.60. The van der Waals surface area contributed by atoms with E-state index in [1.54, 1.807) is 0 Å². The lowest BCUT2D eigenvalue weighted by molar-refractivity contribution is 0.190. The normalized spacial score (nSPS) is 22.5. The molecule has 3 rings (SSSR count). The lowest BCUT2D eigenvalue weighted by atomic mass is 9.98. The van der Waals surface area contributed by atoms with Crippen molar-refractivity contribution in [1.29, 1.82) is 0 Å². The van der Waals surface area contributed by atoms with Crippen LogP contribution in [-0.2, 0) is 6.54 Å². The number of piperidine rings is 1. The summed E-state index contributed by atoms with van der Waals surface area (Å²) in [5.74, 6) is 1.88. The lowest BCUT2D eigenvalue weighted by Gasteiger charge is -2.30. The van der Waals surface area contributed by atoms with Crippen LogP contribution in [0.4, 0.5) is 0 Å². The van der Waals surface area contributed by atoms with E-state index in [9.17, 15) is 0 Å². The van der Waals surface area contributed by atoms with Gasteiger partial charge < -0.3 is 10.1 Å². The van der Waals surface area contributed by atoms with Gasteiger partial charge >= 0.3 is 0 Å². The maximum atomic E-state index is 5.79. The molecule has 1 heterocycles. The second-order valence-corrected chi connectivity index (χ2v) is 6.41. The summed E-state index contributed by atoms with van der Waals surface area (Å²) in [6.45, 7) is 7.47. The van der Waals surface area contributed by atoms with Crippen LogP contribution in [0.5, 0.6) is 5.75 Å². The SMILES string of the molecule is CCOc1ccccc1CN(CC1CCCNC1)C1CC1. The quantitative estimate of drug-likeness (QED) is 0.834. The summed E-state index contributed by atoms with van der Waals surface area (Å²) < 4.78 is 5.79. The van der Waals surface area contributed by atoms with Crippen LogP contribution in [0.25, 0.3) is 0 Å². The molecule has 1 N–H and O–H groups in total. The van der Waals surface area contributed by atoms with Gasteiger partial charge in [0.05, 0.1) is 6.61 Å². The Morgan fingerprint density at radius 1 is 1.24 bits per heavy atom. The molecule has 1 saturated carbocycles. The molecule has 3 heteroatoms. The molecule has 2 aliphatic rings. The fourth-order valence-corrected chi connectivity index (χ4v) is 3.34. The molecular weight excluding hydrogens is 260 g/mol. The molecule has 1 unspecified atom stereocenters. The number of rotatable bonds is 7. The molecule has 0 spiro atoms. The first kappa shape index (κ1) is 14.9. The maximum Gasteiger partial charge on any atom is 0.123 e. The molecule has 0 bridgehead atoms. The zero-order valence-corrected chi connectivity index (χ0v) is 13.2. The van der Waals surface area contributed by atoms with Crippen LogP contribution >= 0.6 is 0 Å². The largest absolute Gasteiger partial charge is 0.494 e. The van der Waals surface area contributed by atoms with Crippen LogP contribution in [-0.4, -0.2) is 37.2 Å². The van der Waals surface area contributed by atoms with Gasteiger partial charge in [0.25, 0.3) is 0 Å². The molecule has 2 fully saturated rings. The highest BCUT2D eigenvalue weighted by Gasteiger charge is 2.31. The van der Waals surface area contributed by atoms with Crippen molar-refractivity contribution >= 4 is 0 Å². The van der Waals surface area contributed by atoms with Gasteiger partial charge in [0.15, 0.2) is 0 Å². The molecular formula is C18H28N2O. The van der Waals surface area contributed by atoms with Gasteiger partial charge in [0.2, 0.25) is 0 Å². The van der Waals surface area contributed by atoms with E-state index >= 15 is 0 Å². The van der Waals surface area contributed by atoms with Crippen molar-refractivity contribution in [3.05, 3.63) is 29.8 Å². The average Bonchev–Trinajstić information content (AvgIpc) is 3.35. The van der Waals surface area contributed by atoms with Crippen molar-refractivity contribution in [3.8, 4) is 5.75 Å². The third kappa shape index (κ3) is 4.21. The summed E-state index contributed by atoms with van der Waals surface area (Å²) in [4.78, 5) is 2.69. The standard InChI is InChI=1S/C18H28N2O/c1-2-21-18-8-4-3-7-16(18)14-20(17-9-10-17)13-15-6-5-11-19-12-15/h3-4,7-8,15,17,19H,2,5-6,9-14H2,1H3. The fourth-order valence-electron chi connectivity index (χ4n) is 3.34. The molecule has 1 aromatic rings. The lowest BCUT2D eigenvalue weighted by Crippen LogP contribution is -2.39. The first-order chi connectivity index (χ1) is 10.4. The van der Waals surface area contributed by atoms with Gasteiger partial charge in [-0.2, -0.15) is 0 Å². The van der Waals surface area contributed by atoms with Crippen LogP contribution in [0, 0.1) is 5.92 Å². The molecule has 0 aromatic heterocycles. The van der Waals surface area contributed by atoms with E-state index in [1.165, 1.54) is 50.9 Å². The zero-order valence-electron chi connectivity index (χ0n) is 13.2. The van der Waals surface area contributed by atoms with Gasteiger partial charge in [-0.1, -0.05) is 18.2 Å². The van der Waals surface area contributed by atoms with Gasteiger partial charge in [-0.05, 0) is 57.7 Å². The van der Waals surface area contributed by atoms with Crippen LogP contribution in [0.1, 0.15) is 38.2 Å². The molecule has 1 aliphatic heterocycles. The Balaban J connectivity index is 1.64. The molecule has 0 radical (unpaired) electrons. The van der Waals surface area contributed by atoms with Gasteiger partial charge in [-0.25, -0.2) is 0 Å². The Morgan fingerprint density at radius 3 is 2.81 bits per heavy atom. The molecule has 1 aromatic carbocycles. The fraction of sp³-hybridized carbons (Fsp3) is 0.667. The minimum atomic E-state index is 0.743. The number of nitrogens with zero attached hydrogens (tertiary/aromatic N) is 1. The van der Waals surface area contributed by atoms with Crippen LogP contribution in [0.3, 0.4) is 0 Å². The van der Waals surface area contributed by atoms with E-state index < -0.39 is 0 Å². The van der Waals surface area contributed by atoms with E-state index in [-0.39, 0.29) is 0 Å². The summed E-state index contributed by atoms with van der Waals surface area (Å²) in [5, 5.41) is 3.54. The van der Waals surface area contributed by atoms with Crippen molar-refractivity contribution in [1.82, 2.24) is 10.2 Å². The minimum Gasteiger partial charge on any atom is -0.494 e. The van der Waals surface area contributed by atoms with Gasteiger partial charge in [0, 0.05) is 24.7 Å². The first-order valence-corrected chi connectivity index (χ1v) is 8.52. The Bertz CT molecular complexity index is 439. The molecule has 1 aliphatic carbocycles. The summed E-state index contributed by atoms with van der Waals surface area (Å²) >= 11 is 0. The topological polar surface area (TPSA) is 24.5 Å². The zero-order chi connectivity index (χ0) is 14.5. The Kier molecular flexibility index (Phi) is 5.15. The minimum absolute atomic E-state index is 0.743. The van der Waals surface area contributed by atoms with Crippen molar-refractivity contribution in [2.45, 2.75) is 45.2 Å². The van der Waals surface area contributed by atoms with Crippen LogP contribution in [0.2, 0.25) is 0 Å². The smallest absolute Gasteiger partial charge is 0.123 e. The predicted octanol–water partition coefficient (Wildman–Crippen LogP) is 3.05. The molecule has 1 saturated heterocycles. The number of benzene rings is 1. The molecule has 1 atom stereocenters. The summed E-state index contributed by atoms with van der Waals surface area (Å²) in [5.41, 5.74) is 1.34. The average molecular weight is 288 g/mol. The summed E-state index contributed by atoms with van der Waals surface area (Å²) in [6, 6.07) is 9.33. The van der Waals surface area contributed by atoms with Crippen molar-refractivity contribution in [2.24, 2.45) is 5.92 Å². The van der Waals surface area contributed by atoms with Gasteiger partial charge in [0.1, 0.15) is 5.75 Å². The second-order valence-electron chi connectivity index (χ2n) is 6.41. The van der Waals surface area contributed by atoms with Crippen LogP contribution in [0.15, 0.2) is 24.3 Å². The number of nitrogens with one attached hydrogen (secondary N) is 1. The Hall–Kier alpha value is -1.06. The van der Waals surface area contributed by atoms with Crippen molar-refractivity contribution in [3.63, 3.8) is 0 Å². The third-order valence-corrected chi connectivity index (χ3v) is 4.60. The number of ether oxygens (including phenoxy) is 1. The van der Waals surface area contributed by atoms with Gasteiger partial charge in [-0.3, -0.25) is 4.90 Å². The predicted molar refractivity (Wildman–Crippen MR) is 86.6 cm³/mol. The van der Waals surface area contributed by atoms with Gasteiger partial charge in [-0.15, -0.1) is 0 Å². The van der Waals surface area contributed by atoms with E-state index in [1.807, 2.05) is 0 Å². The summed E-state index contributed by atoms with van der Waals surface area (Å²) in [7, 11) is 0. The molecule has 21 heavy (non-hydrogen) atoms. The van der Waals surface area contributed by atoms with E-state index in [0.29, 0.717) is 0 Å². The highest BCUT2D eigenvalue weighted by Crippen LogP contribution is 2.31. The highest BCUT2D eigenvalue weighted by atomic mass is 16.5. The maximum absolute atomic E-state index is 5.79. The summed E-state index contributed by atoms with van der Waals surface area (Å²) in [6.07, 6.45) is 5.45. The highest BCUT2D eigenvalue weighted by molar-refractivity contribution is 5.33. The molecule has 0 amide bonds. The van der Waals surface area contributed by atoms with E-state index in [2.05, 4.69) is 41.4 Å². The van der Waals surface area contributed by atoms with E-state index in [4.69, 9.17) is 4.74 Å². The van der Waals surface area contributed by atoms with Crippen LogP contribution < -0.4 is 10.1 Å². The molecule has 3 nitrogen and oxygen atoms in total.